The highest BCUT2D eigenvalue weighted by Gasteiger charge is 2.48. The van der Waals surface area contributed by atoms with E-state index >= 15 is 0 Å². The molecule has 1 amide bonds. The summed E-state index contributed by atoms with van der Waals surface area (Å²) in [6, 6.07) is 7.54. The number of benzene rings is 1. The molecule has 0 spiro atoms. The number of H-pyrrole nitrogens is 1. The van der Waals surface area contributed by atoms with Crippen molar-refractivity contribution in [2.24, 2.45) is 0 Å². The van der Waals surface area contributed by atoms with Gasteiger partial charge in [0.05, 0.1) is 47.1 Å². The Kier molecular flexibility index (Phi) is 4.92. The summed E-state index contributed by atoms with van der Waals surface area (Å²) in [6.07, 6.45) is 5.42. The Hall–Kier alpha value is -3.23. The summed E-state index contributed by atoms with van der Waals surface area (Å²) < 4.78 is 17.1. The Labute approximate surface area is 195 Å². The third-order valence-electron chi connectivity index (χ3n) is 6.44. The molecule has 1 aliphatic carbocycles. The number of methoxy groups -OCH3 is 1. The zero-order valence-corrected chi connectivity index (χ0v) is 18.7. The van der Waals surface area contributed by atoms with Gasteiger partial charge in [-0.15, -0.1) is 0 Å². The minimum Gasteiger partial charge on any atom is -0.493 e. The van der Waals surface area contributed by atoms with Crippen LogP contribution in [0.5, 0.6) is 11.5 Å². The van der Waals surface area contributed by atoms with Crippen LogP contribution in [0.15, 0.2) is 36.7 Å². The molecule has 9 heteroatoms. The summed E-state index contributed by atoms with van der Waals surface area (Å²) >= 11 is 6.35. The summed E-state index contributed by atoms with van der Waals surface area (Å²) in [4.78, 5) is 20.8. The van der Waals surface area contributed by atoms with Crippen molar-refractivity contribution in [1.29, 1.82) is 0 Å². The van der Waals surface area contributed by atoms with E-state index in [4.69, 9.17) is 25.8 Å². The normalized spacial score (nSPS) is 22.5. The standard InChI is InChI=1S/C24H23ClN4O4/c1-31-23-15(25)3-2-4-16(23)27-22-19-20(14-9-17(14)28-24(19)30)29-21(22)13-5-7-26-10-18(13)33-11-12-6-8-32-12/h2-5,7,10,12,14,17,27,29H,6,8-9,11H2,1H3,(H,28,30). The first-order chi connectivity index (χ1) is 16.1. The third-order valence-corrected chi connectivity index (χ3v) is 6.73. The lowest BCUT2D eigenvalue weighted by molar-refractivity contribution is -0.0720. The van der Waals surface area contributed by atoms with Crippen LogP contribution < -0.4 is 20.1 Å². The number of amides is 1. The monoisotopic (exact) mass is 466 g/mol. The molecule has 3 unspecified atom stereocenters. The van der Waals surface area contributed by atoms with Gasteiger partial charge in [0.15, 0.2) is 5.75 Å². The highest BCUT2D eigenvalue weighted by molar-refractivity contribution is 6.32. The van der Waals surface area contributed by atoms with E-state index in [2.05, 4.69) is 20.6 Å². The van der Waals surface area contributed by atoms with Gasteiger partial charge < -0.3 is 29.8 Å². The van der Waals surface area contributed by atoms with Gasteiger partial charge in [0.25, 0.3) is 5.91 Å². The second-order valence-electron chi connectivity index (χ2n) is 8.50. The van der Waals surface area contributed by atoms with Gasteiger partial charge in [-0.3, -0.25) is 9.78 Å². The number of anilines is 2. The van der Waals surface area contributed by atoms with Crippen molar-refractivity contribution < 1.29 is 19.0 Å². The van der Waals surface area contributed by atoms with Gasteiger partial charge in [0.1, 0.15) is 12.4 Å². The Morgan fingerprint density at radius 1 is 1.33 bits per heavy atom. The van der Waals surface area contributed by atoms with E-state index in [1.165, 1.54) is 0 Å². The maximum atomic E-state index is 13.1. The number of pyridine rings is 1. The Morgan fingerprint density at radius 2 is 2.21 bits per heavy atom. The molecule has 2 aliphatic heterocycles. The predicted molar refractivity (Wildman–Crippen MR) is 124 cm³/mol. The van der Waals surface area contributed by atoms with E-state index in [1.54, 1.807) is 25.6 Å². The largest absolute Gasteiger partial charge is 0.493 e. The quantitative estimate of drug-likeness (QED) is 0.481. The van der Waals surface area contributed by atoms with Gasteiger partial charge in [-0.1, -0.05) is 17.7 Å². The summed E-state index contributed by atoms with van der Waals surface area (Å²) in [5.41, 5.74) is 4.44. The number of aromatic amines is 1. The van der Waals surface area contributed by atoms with E-state index < -0.39 is 0 Å². The van der Waals surface area contributed by atoms with E-state index in [-0.39, 0.29) is 24.0 Å². The molecule has 33 heavy (non-hydrogen) atoms. The third kappa shape index (κ3) is 3.50. The van der Waals surface area contributed by atoms with Crippen molar-refractivity contribution in [1.82, 2.24) is 15.3 Å². The van der Waals surface area contributed by atoms with Gasteiger partial charge in [0, 0.05) is 42.4 Å². The zero-order chi connectivity index (χ0) is 22.5. The number of carbonyl (C=O) groups excluding carboxylic acids is 1. The summed E-state index contributed by atoms with van der Waals surface area (Å²) in [6.45, 7) is 1.22. The first-order valence-electron chi connectivity index (χ1n) is 11.0. The highest BCUT2D eigenvalue weighted by atomic mass is 35.5. The molecule has 3 aliphatic rings. The molecule has 0 radical (unpaired) electrons. The van der Waals surface area contributed by atoms with E-state index in [0.717, 1.165) is 36.4 Å². The molecule has 4 heterocycles. The summed E-state index contributed by atoms with van der Waals surface area (Å²) in [7, 11) is 1.57. The number of nitrogens with zero attached hydrogens (tertiary/aromatic N) is 1. The van der Waals surface area contributed by atoms with Crippen LogP contribution in [0.25, 0.3) is 11.3 Å². The number of para-hydroxylation sites is 1. The van der Waals surface area contributed by atoms with Crippen molar-refractivity contribution >= 4 is 28.9 Å². The molecule has 2 fully saturated rings. The minimum atomic E-state index is -0.103. The number of hydrogen-bond donors (Lipinski definition) is 3. The number of halogens is 1. The molecular weight excluding hydrogens is 444 g/mol. The van der Waals surface area contributed by atoms with Crippen LogP contribution in [0, 0.1) is 0 Å². The first-order valence-corrected chi connectivity index (χ1v) is 11.4. The predicted octanol–water partition coefficient (Wildman–Crippen LogP) is 4.25. The number of hydrogen-bond acceptors (Lipinski definition) is 6. The zero-order valence-electron chi connectivity index (χ0n) is 18.0. The number of rotatable bonds is 7. The van der Waals surface area contributed by atoms with Crippen LogP contribution >= 0.6 is 11.6 Å². The van der Waals surface area contributed by atoms with Crippen LogP contribution in [-0.2, 0) is 4.74 Å². The lowest BCUT2D eigenvalue weighted by Crippen LogP contribution is -2.32. The summed E-state index contributed by atoms with van der Waals surface area (Å²) in [5.74, 6) is 1.31. The average molecular weight is 467 g/mol. The van der Waals surface area contributed by atoms with Crippen LogP contribution in [0.3, 0.4) is 0 Å². The molecule has 1 aromatic carbocycles. The fourth-order valence-electron chi connectivity index (χ4n) is 4.52. The van der Waals surface area contributed by atoms with Gasteiger partial charge in [-0.05, 0) is 24.6 Å². The maximum absolute atomic E-state index is 13.1. The van der Waals surface area contributed by atoms with Crippen molar-refractivity contribution in [3.8, 4) is 22.8 Å². The maximum Gasteiger partial charge on any atom is 0.255 e. The van der Waals surface area contributed by atoms with E-state index in [9.17, 15) is 4.79 Å². The number of nitrogens with one attached hydrogen (secondary N) is 3. The molecule has 0 bridgehead atoms. The lowest BCUT2D eigenvalue weighted by atomic mass is 10.0. The van der Waals surface area contributed by atoms with Crippen LogP contribution in [0.2, 0.25) is 5.02 Å². The molecule has 170 valence electrons. The van der Waals surface area contributed by atoms with Gasteiger partial charge in [-0.25, -0.2) is 0 Å². The van der Waals surface area contributed by atoms with Crippen molar-refractivity contribution in [2.75, 3.05) is 25.6 Å². The SMILES string of the molecule is COc1c(Cl)cccc1Nc1c(-c2ccncc2OCC2CCO2)[nH]c2c1C(=O)NC1CC21. The second-order valence-corrected chi connectivity index (χ2v) is 8.90. The molecule has 8 nitrogen and oxygen atoms in total. The molecule has 1 saturated carbocycles. The smallest absolute Gasteiger partial charge is 0.255 e. The number of aromatic nitrogens is 2. The Bertz CT molecular complexity index is 1240. The fourth-order valence-corrected chi connectivity index (χ4v) is 4.78. The minimum absolute atomic E-state index is 0.0984. The average Bonchev–Trinajstić information content (AvgIpc) is 3.45. The molecule has 3 N–H and O–H groups in total. The Morgan fingerprint density at radius 3 is 3.00 bits per heavy atom. The van der Waals surface area contributed by atoms with E-state index in [1.807, 2.05) is 18.2 Å². The summed E-state index contributed by atoms with van der Waals surface area (Å²) in [5, 5.41) is 7.00. The van der Waals surface area contributed by atoms with Gasteiger partial charge in [0.2, 0.25) is 0 Å². The molecule has 6 rings (SSSR count). The van der Waals surface area contributed by atoms with Crippen molar-refractivity contribution in [3.05, 3.63) is 52.9 Å². The second kappa shape index (κ2) is 7.97. The molecule has 2 aromatic heterocycles. The van der Waals surface area contributed by atoms with Gasteiger partial charge in [-0.2, -0.15) is 0 Å². The van der Waals surface area contributed by atoms with Crippen molar-refractivity contribution in [3.63, 3.8) is 0 Å². The van der Waals surface area contributed by atoms with Crippen LogP contribution in [-0.4, -0.2) is 48.3 Å². The molecular formula is C24H23ClN4O4. The van der Waals surface area contributed by atoms with Crippen LogP contribution in [0.1, 0.15) is 34.8 Å². The fraction of sp³-hybridized carbons (Fsp3) is 0.333. The first kappa shape index (κ1) is 20.4. The molecule has 3 atom stereocenters. The topological polar surface area (TPSA) is 97.5 Å². The lowest BCUT2D eigenvalue weighted by Gasteiger charge is -2.26. The molecule has 1 saturated heterocycles. The van der Waals surface area contributed by atoms with Crippen LogP contribution in [0.4, 0.5) is 11.4 Å². The Balaban J connectivity index is 1.46. The number of carbonyl (C=O) groups is 1. The van der Waals surface area contributed by atoms with Gasteiger partial charge >= 0.3 is 0 Å². The van der Waals surface area contributed by atoms with E-state index in [0.29, 0.717) is 40.1 Å². The number of ether oxygens (including phenoxy) is 3. The van der Waals surface area contributed by atoms with Crippen molar-refractivity contribution in [2.45, 2.75) is 30.9 Å². The number of fused-ring (bicyclic) bond motifs is 3. The molecule has 3 aromatic rings. The highest BCUT2D eigenvalue weighted by Crippen LogP contribution is 2.51.